The topological polar surface area (TPSA) is 58.9 Å². The summed E-state index contributed by atoms with van der Waals surface area (Å²) in [5.41, 5.74) is 6.73. The number of fused-ring (bicyclic) bond motifs is 1. The van der Waals surface area contributed by atoms with Crippen LogP contribution < -0.4 is 9.47 Å². The van der Waals surface area contributed by atoms with Crippen molar-refractivity contribution in [2.24, 2.45) is 0 Å². The predicted molar refractivity (Wildman–Crippen MR) is 70.3 cm³/mol. The first kappa shape index (κ1) is 12.9. The minimum Gasteiger partial charge on any atom is -0.475 e. The van der Waals surface area contributed by atoms with E-state index in [0.29, 0.717) is 0 Å². The van der Waals surface area contributed by atoms with E-state index in [2.05, 4.69) is 24.6 Å². The molecule has 0 spiro atoms. The lowest BCUT2D eigenvalue weighted by molar-refractivity contribution is 0.182. The zero-order chi connectivity index (χ0) is 13.8. The molecule has 0 aliphatic heterocycles. The summed E-state index contributed by atoms with van der Waals surface area (Å²) in [7, 11) is 0. The van der Waals surface area contributed by atoms with Gasteiger partial charge in [-0.05, 0) is 67.1 Å². The lowest BCUT2D eigenvalue weighted by atomic mass is 10.1. The second-order valence-electron chi connectivity index (χ2n) is 4.09. The van der Waals surface area contributed by atoms with Crippen molar-refractivity contribution < 1.29 is 19.7 Å². The maximum Gasteiger partial charge on any atom is 0.330 e. The van der Waals surface area contributed by atoms with Crippen LogP contribution in [0.5, 0.6) is 11.5 Å². The zero-order valence-electron chi connectivity index (χ0n) is 10.4. The van der Waals surface area contributed by atoms with E-state index in [9.17, 15) is 10.2 Å². The molecule has 4 heteroatoms. The molecule has 0 heterocycles. The molecule has 0 amide bonds. The summed E-state index contributed by atoms with van der Waals surface area (Å²) in [6.07, 6.45) is 2.96. The first-order valence-electron chi connectivity index (χ1n) is 5.83. The van der Waals surface area contributed by atoms with Gasteiger partial charge in [0, 0.05) is 0 Å². The lowest BCUT2D eigenvalue weighted by Gasteiger charge is -2.12. The SMILES string of the molecule is C=C=C(O)Oc1cc2c(cc1OC(O)=C=C)CCC2. The van der Waals surface area contributed by atoms with Gasteiger partial charge in [0.05, 0.1) is 0 Å². The fraction of sp³-hybridized carbons (Fsp3) is 0.200. The minimum atomic E-state index is -0.454. The minimum absolute atomic E-state index is 0.288. The highest BCUT2D eigenvalue weighted by Crippen LogP contribution is 2.36. The standard InChI is InChI=1S/C15H14O4/c1-3-14(16)18-12-8-10-6-5-7-11(10)9-13(12)19-15(17)4-2/h8-9,16-17H,1-2,5-7H2. The molecule has 2 N–H and O–H groups in total. The normalized spacial score (nSPS) is 12.0. The molecule has 0 saturated heterocycles. The number of rotatable bonds is 4. The predicted octanol–water partition coefficient (Wildman–Crippen LogP) is 3.30. The highest BCUT2D eigenvalue weighted by atomic mass is 16.6. The quantitative estimate of drug-likeness (QED) is 0.642. The van der Waals surface area contributed by atoms with Crippen LogP contribution in [-0.2, 0) is 12.8 Å². The van der Waals surface area contributed by atoms with Crippen LogP contribution in [0, 0.1) is 0 Å². The van der Waals surface area contributed by atoms with Crippen LogP contribution in [0.2, 0.25) is 0 Å². The molecule has 0 bridgehead atoms. The van der Waals surface area contributed by atoms with Crippen LogP contribution in [0.4, 0.5) is 0 Å². The van der Waals surface area contributed by atoms with Crippen molar-refractivity contribution in [1.29, 1.82) is 0 Å². The van der Waals surface area contributed by atoms with Gasteiger partial charge in [0.25, 0.3) is 0 Å². The number of benzene rings is 1. The molecule has 0 radical (unpaired) electrons. The third kappa shape index (κ3) is 2.83. The monoisotopic (exact) mass is 258 g/mol. The average molecular weight is 258 g/mol. The summed E-state index contributed by atoms with van der Waals surface area (Å²) in [5, 5.41) is 18.7. The van der Waals surface area contributed by atoms with Gasteiger partial charge in [-0.25, -0.2) is 0 Å². The molecule has 19 heavy (non-hydrogen) atoms. The molecule has 1 aromatic carbocycles. The number of ether oxygens (including phenoxy) is 2. The van der Waals surface area contributed by atoms with Gasteiger partial charge in [-0.2, -0.15) is 0 Å². The van der Waals surface area contributed by atoms with Crippen LogP contribution in [0.15, 0.2) is 48.6 Å². The van der Waals surface area contributed by atoms with Crippen molar-refractivity contribution in [2.75, 3.05) is 0 Å². The number of hydrogen-bond donors (Lipinski definition) is 2. The number of aliphatic hydroxyl groups is 2. The Bertz CT molecular complexity index is 550. The molecule has 1 aromatic rings. The second-order valence-corrected chi connectivity index (χ2v) is 4.09. The molecule has 0 saturated carbocycles. The van der Waals surface area contributed by atoms with Gasteiger partial charge in [0.2, 0.25) is 0 Å². The first-order chi connectivity index (χ1) is 9.13. The molecular formula is C15H14O4. The van der Waals surface area contributed by atoms with Gasteiger partial charge in [0.1, 0.15) is 0 Å². The Balaban J connectivity index is 2.43. The fourth-order valence-electron chi connectivity index (χ4n) is 2.02. The van der Waals surface area contributed by atoms with Gasteiger partial charge >= 0.3 is 11.9 Å². The Morgan fingerprint density at radius 1 is 0.947 bits per heavy atom. The molecule has 0 unspecified atom stereocenters. The van der Waals surface area contributed by atoms with Crippen molar-refractivity contribution in [3.63, 3.8) is 0 Å². The number of hydrogen-bond acceptors (Lipinski definition) is 4. The molecule has 1 aliphatic carbocycles. The Labute approximate surface area is 111 Å². The van der Waals surface area contributed by atoms with E-state index < -0.39 is 11.9 Å². The van der Waals surface area contributed by atoms with E-state index in [0.717, 1.165) is 30.4 Å². The largest absolute Gasteiger partial charge is 0.475 e. The van der Waals surface area contributed by atoms with Crippen molar-refractivity contribution in [3.05, 3.63) is 59.8 Å². The fourth-order valence-corrected chi connectivity index (χ4v) is 2.02. The maximum atomic E-state index is 9.34. The van der Waals surface area contributed by atoms with Crippen molar-refractivity contribution in [2.45, 2.75) is 19.3 Å². The molecule has 1 aliphatic rings. The van der Waals surface area contributed by atoms with E-state index >= 15 is 0 Å². The van der Waals surface area contributed by atoms with Gasteiger partial charge in [-0.15, -0.1) is 0 Å². The molecule has 0 fully saturated rings. The van der Waals surface area contributed by atoms with Crippen molar-refractivity contribution >= 4 is 0 Å². The van der Waals surface area contributed by atoms with Crippen LogP contribution in [0.3, 0.4) is 0 Å². The maximum absolute atomic E-state index is 9.34. The lowest BCUT2D eigenvalue weighted by Crippen LogP contribution is -2.00. The summed E-state index contributed by atoms with van der Waals surface area (Å²) in [5.74, 6) is -0.332. The Kier molecular flexibility index (Phi) is 3.67. The number of aliphatic hydroxyl groups excluding tert-OH is 2. The van der Waals surface area contributed by atoms with Gasteiger partial charge in [0.15, 0.2) is 11.5 Å². The van der Waals surface area contributed by atoms with Gasteiger partial charge < -0.3 is 19.7 Å². The van der Waals surface area contributed by atoms with Crippen LogP contribution in [0.1, 0.15) is 17.5 Å². The molecule has 98 valence electrons. The summed E-state index contributed by atoms with van der Waals surface area (Å²) < 4.78 is 10.3. The molecule has 4 nitrogen and oxygen atoms in total. The van der Waals surface area contributed by atoms with Crippen LogP contribution in [0.25, 0.3) is 0 Å². The van der Waals surface area contributed by atoms with Gasteiger partial charge in [-0.1, -0.05) is 0 Å². The average Bonchev–Trinajstić information content (AvgIpc) is 2.85. The van der Waals surface area contributed by atoms with E-state index in [4.69, 9.17) is 9.47 Å². The zero-order valence-corrected chi connectivity index (χ0v) is 10.4. The summed E-state index contributed by atoms with van der Waals surface area (Å²) in [6, 6.07) is 3.56. The van der Waals surface area contributed by atoms with E-state index in [1.54, 1.807) is 12.1 Å². The molecule has 2 rings (SSSR count). The summed E-state index contributed by atoms with van der Waals surface area (Å²) in [4.78, 5) is 0. The van der Waals surface area contributed by atoms with E-state index in [-0.39, 0.29) is 11.5 Å². The Hall–Kier alpha value is -2.54. The summed E-state index contributed by atoms with van der Waals surface area (Å²) >= 11 is 0. The van der Waals surface area contributed by atoms with Crippen molar-refractivity contribution in [3.8, 4) is 11.5 Å². The smallest absolute Gasteiger partial charge is 0.330 e. The van der Waals surface area contributed by atoms with Crippen LogP contribution >= 0.6 is 0 Å². The first-order valence-corrected chi connectivity index (χ1v) is 5.83. The van der Waals surface area contributed by atoms with Crippen molar-refractivity contribution in [1.82, 2.24) is 0 Å². The Morgan fingerprint density at radius 2 is 1.37 bits per heavy atom. The highest BCUT2D eigenvalue weighted by Gasteiger charge is 2.18. The summed E-state index contributed by atoms with van der Waals surface area (Å²) in [6.45, 7) is 6.56. The second kappa shape index (κ2) is 5.40. The highest BCUT2D eigenvalue weighted by molar-refractivity contribution is 5.50. The number of aryl methyl sites for hydroxylation is 2. The van der Waals surface area contributed by atoms with Crippen LogP contribution in [-0.4, -0.2) is 10.2 Å². The van der Waals surface area contributed by atoms with Gasteiger partial charge in [-0.3, -0.25) is 0 Å². The molecular weight excluding hydrogens is 244 g/mol. The van der Waals surface area contributed by atoms with E-state index in [1.165, 1.54) is 0 Å². The third-order valence-electron chi connectivity index (χ3n) is 2.87. The molecule has 0 aromatic heterocycles. The third-order valence-corrected chi connectivity index (χ3v) is 2.87. The Morgan fingerprint density at radius 3 is 1.74 bits per heavy atom. The van der Waals surface area contributed by atoms with E-state index in [1.807, 2.05) is 0 Å². The molecule has 0 atom stereocenters.